The number of aromatic nitrogens is 2. The van der Waals surface area contributed by atoms with Crippen LogP contribution >= 0.6 is 0 Å². The monoisotopic (exact) mass is 1090 g/mol. The van der Waals surface area contributed by atoms with Crippen LogP contribution in [0.2, 0.25) is 0 Å². The van der Waals surface area contributed by atoms with Crippen molar-refractivity contribution in [2.75, 3.05) is 72.9 Å². The first kappa shape index (κ1) is 60.5. The molecule has 79 heavy (non-hydrogen) atoms. The lowest BCUT2D eigenvalue weighted by atomic mass is 9.92. The molecule has 13 heteroatoms. The van der Waals surface area contributed by atoms with Crippen molar-refractivity contribution in [1.82, 2.24) is 19.8 Å². The minimum Gasteiger partial charge on any atom is -0.480 e. The van der Waals surface area contributed by atoms with Gasteiger partial charge in [-0.3, -0.25) is 24.6 Å². The van der Waals surface area contributed by atoms with Crippen molar-refractivity contribution in [2.24, 2.45) is 0 Å². The maximum Gasteiger partial charge on any atom is 0.327 e. The first-order chi connectivity index (χ1) is 38.4. The molecule has 11 rings (SSSR count). The van der Waals surface area contributed by atoms with Gasteiger partial charge in [0.05, 0.1) is 31.5 Å². The number of aryl methyl sites for hydroxylation is 6. The number of rotatable bonds is 20. The SMILES string of the molecule is C.C1CCOC1.COC(=O)C(c1ccccc1C1CCCCO1)N1CC[C@@H](OCCCCc2ccc3c(n2)CCCC3)C1.O=C(O)C(c1ccccc1C1CCCCO1)N1CC[C@@H](OCCCCc2ccc3c(n2)CCCC3)C1. The fourth-order valence-electron chi connectivity index (χ4n) is 12.8. The number of pyridine rings is 2. The molecule has 7 aliphatic rings. The Labute approximate surface area is 472 Å². The van der Waals surface area contributed by atoms with Crippen LogP contribution in [-0.4, -0.2) is 122 Å². The van der Waals surface area contributed by atoms with Crippen LogP contribution in [0.3, 0.4) is 0 Å². The van der Waals surface area contributed by atoms with Crippen LogP contribution in [0.25, 0.3) is 0 Å². The van der Waals surface area contributed by atoms with E-state index in [1.807, 2.05) is 36.4 Å². The Kier molecular flexibility index (Phi) is 24.6. The number of esters is 1. The molecule has 2 aliphatic carbocycles. The quantitative estimate of drug-likeness (QED) is 0.0663. The molecule has 1 N–H and O–H groups in total. The summed E-state index contributed by atoms with van der Waals surface area (Å²) in [5, 5.41) is 10.2. The molecule has 5 fully saturated rings. The maximum atomic E-state index is 13.0. The number of carboxylic acids is 1. The normalized spacial score (nSPS) is 22.9. The van der Waals surface area contributed by atoms with E-state index in [0.29, 0.717) is 13.2 Å². The highest BCUT2D eigenvalue weighted by Crippen LogP contribution is 2.38. The van der Waals surface area contributed by atoms with Crippen LogP contribution < -0.4 is 0 Å². The number of aliphatic carboxylic acids is 1. The van der Waals surface area contributed by atoms with Gasteiger partial charge in [-0.1, -0.05) is 68.1 Å². The molecule has 13 nitrogen and oxygen atoms in total. The van der Waals surface area contributed by atoms with E-state index in [1.165, 1.54) is 92.4 Å². The topological polar surface area (TPSA) is 142 Å². The minimum absolute atomic E-state index is 0. The van der Waals surface area contributed by atoms with Gasteiger partial charge in [0.15, 0.2) is 0 Å². The minimum atomic E-state index is -0.795. The second kappa shape index (κ2) is 32.1. The summed E-state index contributed by atoms with van der Waals surface area (Å²) in [6.07, 6.45) is 27.0. The lowest BCUT2D eigenvalue weighted by Gasteiger charge is -2.31. The van der Waals surface area contributed by atoms with E-state index in [-0.39, 0.29) is 37.8 Å². The number of fused-ring (bicyclic) bond motifs is 2. The fourth-order valence-corrected chi connectivity index (χ4v) is 12.8. The van der Waals surface area contributed by atoms with Crippen LogP contribution in [0.4, 0.5) is 0 Å². The van der Waals surface area contributed by atoms with Crippen molar-refractivity contribution in [3.05, 3.63) is 129 Å². The predicted molar refractivity (Wildman–Crippen MR) is 309 cm³/mol. The summed E-state index contributed by atoms with van der Waals surface area (Å²) in [7, 11) is 1.48. The van der Waals surface area contributed by atoms with E-state index in [1.54, 1.807) is 0 Å². The zero-order valence-corrected chi connectivity index (χ0v) is 46.9. The number of carbonyl (C=O) groups excluding carboxylic acids is 1. The van der Waals surface area contributed by atoms with Gasteiger partial charge in [-0.2, -0.15) is 0 Å². The second-order valence-electron chi connectivity index (χ2n) is 22.7. The molecular formula is C66H94N4O9. The fraction of sp³-hybridized carbons (Fsp3) is 0.636. The van der Waals surface area contributed by atoms with Crippen molar-refractivity contribution < 1.29 is 43.1 Å². The molecule has 432 valence electrons. The molecule has 4 unspecified atom stereocenters. The Morgan fingerprint density at radius 1 is 0.570 bits per heavy atom. The third kappa shape index (κ3) is 17.5. The lowest BCUT2D eigenvalue weighted by Crippen LogP contribution is -2.35. The van der Waals surface area contributed by atoms with Crippen LogP contribution in [0.15, 0.2) is 72.8 Å². The molecule has 0 spiro atoms. The summed E-state index contributed by atoms with van der Waals surface area (Å²) in [6, 6.07) is 24.1. The smallest absolute Gasteiger partial charge is 0.327 e. The van der Waals surface area contributed by atoms with E-state index >= 15 is 0 Å². The maximum absolute atomic E-state index is 13.0. The largest absolute Gasteiger partial charge is 0.480 e. The van der Waals surface area contributed by atoms with Crippen LogP contribution in [0.1, 0.15) is 203 Å². The Hall–Kier alpha value is -4.60. The average Bonchev–Trinajstić information content (AvgIpc) is 4.40. The number of methoxy groups -OCH3 is 1. The van der Waals surface area contributed by atoms with Gasteiger partial charge in [0, 0.05) is 88.6 Å². The molecule has 0 saturated carbocycles. The predicted octanol–water partition coefficient (Wildman–Crippen LogP) is 12.4. The number of carboxylic acid groups (broad SMARTS) is 1. The van der Waals surface area contributed by atoms with Crippen molar-refractivity contribution >= 4 is 11.9 Å². The van der Waals surface area contributed by atoms with Gasteiger partial charge < -0.3 is 33.5 Å². The highest BCUT2D eigenvalue weighted by molar-refractivity contribution is 5.78. The third-order valence-electron chi connectivity index (χ3n) is 17.0. The molecule has 4 aromatic rings. The van der Waals surface area contributed by atoms with Crippen LogP contribution in [0, 0.1) is 0 Å². The zero-order valence-electron chi connectivity index (χ0n) is 46.9. The summed E-state index contributed by atoms with van der Waals surface area (Å²) in [5.74, 6) is -1.00. The lowest BCUT2D eigenvalue weighted by molar-refractivity contribution is -0.147. The van der Waals surface area contributed by atoms with E-state index in [4.69, 9.17) is 38.4 Å². The highest BCUT2D eigenvalue weighted by Gasteiger charge is 2.38. The number of hydrogen-bond donors (Lipinski definition) is 1. The van der Waals surface area contributed by atoms with Crippen molar-refractivity contribution in [3.8, 4) is 0 Å². The Morgan fingerprint density at radius 2 is 1.04 bits per heavy atom. The summed E-state index contributed by atoms with van der Waals surface area (Å²) in [5.41, 5.74) is 12.0. The summed E-state index contributed by atoms with van der Waals surface area (Å²) in [4.78, 5) is 39.5. The van der Waals surface area contributed by atoms with Crippen molar-refractivity contribution in [1.29, 1.82) is 0 Å². The third-order valence-corrected chi connectivity index (χ3v) is 17.0. The number of benzene rings is 2. The zero-order chi connectivity index (χ0) is 53.7. The molecular weight excluding hydrogens is 993 g/mol. The van der Waals surface area contributed by atoms with Gasteiger partial charge in [-0.15, -0.1) is 0 Å². The summed E-state index contributed by atoms with van der Waals surface area (Å²) >= 11 is 0. The Bertz CT molecular complexity index is 2460. The van der Waals surface area contributed by atoms with Crippen molar-refractivity contribution in [2.45, 2.75) is 198 Å². The number of carbonyl (C=O) groups is 2. The standard InChI is InChI=1S/C31H42N2O4.C30H40N2O4.C4H8O.CH4/c1-35-31(34)30(27-13-4-3-12-26(27)29-15-7-9-21-37-29)33-19-18-25(22-33)36-20-8-6-11-24-17-16-23-10-2-5-14-28(23)32-24;33-30(34)29(26-12-3-2-11-25(26)28-14-6-8-20-36-28)32-18-17-24(21-32)35-19-7-5-10-23-16-15-22-9-1-4-13-27(22)31-23;1-2-4-5-3-1;/h3-4,12-13,16-17,25,29-30H,2,5-11,14-15,18-22H2,1H3;2-3,11-12,15-16,24,28-29H,1,4-10,13-14,17-21H2,(H,33,34);1-4H2;1H4/t25-,29?,30?;24-,28?,29?;;/m11../s1. The molecule has 6 atom stereocenters. The van der Waals surface area contributed by atoms with Gasteiger partial charge in [0.2, 0.25) is 0 Å². The number of ether oxygens (including phenoxy) is 6. The van der Waals surface area contributed by atoms with E-state index in [0.717, 1.165) is 178 Å². The summed E-state index contributed by atoms with van der Waals surface area (Å²) < 4.78 is 34.8. The van der Waals surface area contributed by atoms with E-state index < -0.39 is 18.1 Å². The molecule has 5 aliphatic heterocycles. The molecule has 0 amide bonds. The van der Waals surface area contributed by atoms with E-state index in [9.17, 15) is 14.7 Å². The van der Waals surface area contributed by atoms with E-state index in [2.05, 4.69) is 46.2 Å². The van der Waals surface area contributed by atoms with Crippen LogP contribution in [0.5, 0.6) is 0 Å². The van der Waals surface area contributed by atoms with Gasteiger partial charge in [-0.05, 0) is 200 Å². The Balaban J connectivity index is 0.000000189. The number of likely N-dealkylation sites (tertiary alicyclic amines) is 2. The average molecular weight is 1090 g/mol. The highest BCUT2D eigenvalue weighted by atomic mass is 16.5. The molecule has 2 aromatic heterocycles. The van der Waals surface area contributed by atoms with Gasteiger partial charge in [0.1, 0.15) is 12.1 Å². The van der Waals surface area contributed by atoms with Gasteiger partial charge >= 0.3 is 11.9 Å². The van der Waals surface area contributed by atoms with Gasteiger partial charge in [-0.25, -0.2) is 4.79 Å². The first-order valence-electron chi connectivity index (χ1n) is 30.4. The first-order valence-corrected chi connectivity index (χ1v) is 30.4. The summed E-state index contributed by atoms with van der Waals surface area (Å²) in [6.45, 7) is 7.95. The molecule has 0 bridgehead atoms. The molecule has 2 aromatic carbocycles. The molecule has 0 radical (unpaired) electrons. The molecule has 5 saturated heterocycles. The Morgan fingerprint density at radius 3 is 1.49 bits per heavy atom. The number of unbranched alkanes of at least 4 members (excludes halogenated alkanes) is 2. The molecule has 7 heterocycles. The van der Waals surface area contributed by atoms with Gasteiger partial charge in [0.25, 0.3) is 0 Å². The van der Waals surface area contributed by atoms with Crippen LogP contribution in [-0.2, 0) is 76.5 Å². The number of nitrogens with zero attached hydrogens (tertiary/aromatic N) is 4. The second-order valence-corrected chi connectivity index (χ2v) is 22.7. The number of hydrogen-bond acceptors (Lipinski definition) is 12. The van der Waals surface area contributed by atoms with Crippen molar-refractivity contribution in [3.63, 3.8) is 0 Å².